The molecular weight excluding hydrogens is 396 g/mol. The maximum atomic E-state index is 9.72. The lowest BCUT2D eigenvalue weighted by Crippen LogP contribution is -2.22. The monoisotopic (exact) mass is 438 g/mol. The van der Waals surface area contributed by atoms with Crippen LogP contribution in [0.25, 0.3) is 0 Å². The summed E-state index contributed by atoms with van der Waals surface area (Å²) in [6.45, 7) is 1.05. The number of aliphatic hydroxyl groups is 1. The topological polar surface area (TPSA) is 119 Å². The zero-order valence-electron chi connectivity index (χ0n) is 19.0. The highest BCUT2D eigenvalue weighted by Crippen LogP contribution is 2.20. The molecular formula is C24H42N2O5. The Bertz CT molecular complexity index is 540. The molecule has 2 rings (SSSR count). The SMILES string of the molecule is C1=C(C2=NNCCCCCCCC2)CCCCCCCCC1.O=C(O)CC(O)C(=O)O. The number of carboxylic acids is 2. The fraction of sp³-hybridized carbons (Fsp3) is 0.792. The van der Waals surface area contributed by atoms with E-state index in [1.165, 1.54) is 108 Å². The second-order valence-electron chi connectivity index (χ2n) is 8.53. The Labute approximate surface area is 187 Å². The molecule has 0 spiro atoms. The molecule has 0 aromatic heterocycles. The summed E-state index contributed by atoms with van der Waals surface area (Å²) < 4.78 is 0. The summed E-state index contributed by atoms with van der Waals surface area (Å²) >= 11 is 0. The molecule has 0 aromatic carbocycles. The van der Waals surface area contributed by atoms with E-state index in [1.807, 2.05) is 0 Å². The van der Waals surface area contributed by atoms with Crippen molar-refractivity contribution in [2.75, 3.05) is 6.54 Å². The molecule has 1 atom stereocenters. The van der Waals surface area contributed by atoms with Gasteiger partial charge >= 0.3 is 11.9 Å². The second kappa shape index (κ2) is 17.8. The average Bonchev–Trinajstić information content (AvgIpc) is 2.83. The van der Waals surface area contributed by atoms with Crippen molar-refractivity contribution in [1.29, 1.82) is 0 Å². The van der Waals surface area contributed by atoms with E-state index in [4.69, 9.17) is 20.4 Å². The van der Waals surface area contributed by atoms with E-state index >= 15 is 0 Å². The first-order valence-corrected chi connectivity index (χ1v) is 12.1. The summed E-state index contributed by atoms with van der Waals surface area (Å²) in [5, 5.41) is 28.9. The molecule has 1 aliphatic heterocycles. The van der Waals surface area contributed by atoms with Gasteiger partial charge in [-0.1, -0.05) is 63.9 Å². The molecule has 0 saturated heterocycles. The summed E-state index contributed by atoms with van der Waals surface area (Å²) in [6, 6.07) is 0. The Balaban J connectivity index is 0.000000452. The minimum atomic E-state index is -1.79. The average molecular weight is 439 g/mol. The Morgan fingerprint density at radius 3 is 1.97 bits per heavy atom. The van der Waals surface area contributed by atoms with Gasteiger partial charge in [0, 0.05) is 6.54 Å². The first-order chi connectivity index (χ1) is 15.0. The molecule has 0 aromatic rings. The van der Waals surface area contributed by atoms with Gasteiger partial charge in [0.05, 0.1) is 12.1 Å². The lowest BCUT2D eigenvalue weighted by Gasteiger charge is -2.12. The standard InChI is InChI=1S/C20H36N2.C4H6O5/c1-2-4-8-12-16-19(15-11-7-3-1)20-17-13-9-5-6-10-14-18-21-22-20;5-2(4(8)9)1-3(6)7/h15,21H,1-14,16-18H2;2,5H,1H2,(H,6,7)(H,8,9). The number of carbonyl (C=O) groups is 2. The van der Waals surface area contributed by atoms with Gasteiger partial charge in [-0.25, -0.2) is 4.79 Å². The lowest BCUT2D eigenvalue weighted by molar-refractivity contribution is -0.152. The third-order valence-electron chi connectivity index (χ3n) is 5.73. The fourth-order valence-electron chi connectivity index (χ4n) is 3.88. The Kier molecular flexibility index (Phi) is 15.5. The van der Waals surface area contributed by atoms with Gasteiger partial charge in [0.2, 0.25) is 0 Å². The van der Waals surface area contributed by atoms with E-state index in [0.717, 1.165) is 6.54 Å². The molecule has 1 unspecified atom stereocenters. The van der Waals surface area contributed by atoms with E-state index in [-0.39, 0.29) is 0 Å². The highest BCUT2D eigenvalue weighted by atomic mass is 16.4. The first-order valence-electron chi connectivity index (χ1n) is 12.1. The van der Waals surface area contributed by atoms with Crippen molar-refractivity contribution in [3.05, 3.63) is 11.6 Å². The summed E-state index contributed by atoms with van der Waals surface area (Å²) in [7, 11) is 0. The quantitative estimate of drug-likeness (QED) is 0.488. The number of aliphatic carboxylic acids is 2. The molecule has 0 amide bonds. The predicted molar refractivity (Wildman–Crippen MR) is 123 cm³/mol. The van der Waals surface area contributed by atoms with Crippen LogP contribution in [0.1, 0.15) is 109 Å². The van der Waals surface area contributed by atoms with Crippen molar-refractivity contribution >= 4 is 17.7 Å². The van der Waals surface area contributed by atoms with E-state index in [2.05, 4.69) is 11.5 Å². The first kappa shape index (κ1) is 27.1. The van der Waals surface area contributed by atoms with E-state index in [1.54, 1.807) is 5.57 Å². The molecule has 0 radical (unpaired) electrons. The summed E-state index contributed by atoms with van der Waals surface area (Å²) in [6.07, 6.45) is 21.6. The Hall–Kier alpha value is -1.89. The molecule has 7 nitrogen and oxygen atoms in total. The van der Waals surface area contributed by atoms with Crippen LogP contribution < -0.4 is 5.43 Å². The number of hydrogen-bond donors (Lipinski definition) is 4. The summed E-state index contributed by atoms with van der Waals surface area (Å²) in [5.41, 5.74) is 6.29. The van der Waals surface area contributed by atoms with E-state index in [9.17, 15) is 9.59 Å². The fourth-order valence-corrected chi connectivity index (χ4v) is 3.88. The van der Waals surface area contributed by atoms with Gasteiger partial charge in [0.15, 0.2) is 6.10 Å². The molecule has 2 aliphatic rings. The number of carboxylic acid groups (broad SMARTS) is 2. The van der Waals surface area contributed by atoms with Crippen LogP contribution in [0.15, 0.2) is 16.8 Å². The maximum Gasteiger partial charge on any atom is 0.333 e. The minimum absolute atomic E-state index is 0.755. The van der Waals surface area contributed by atoms with Gasteiger partial charge < -0.3 is 20.7 Å². The molecule has 31 heavy (non-hydrogen) atoms. The Morgan fingerprint density at radius 2 is 1.39 bits per heavy atom. The second-order valence-corrected chi connectivity index (χ2v) is 8.53. The maximum absolute atomic E-state index is 9.72. The third kappa shape index (κ3) is 14.7. The molecule has 7 heteroatoms. The van der Waals surface area contributed by atoms with Crippen molar-refractivity contribution < 1.29 is 24.9 Å². The van der Waals surface area contributed by atoms with Crippen molar-refractivity contribution in [2.45, 2.75) is 115 Å². The van der Waals surface area contributed by atoms with Crippen molar-refractivity contribution in [3.63, 3.8) is 0 Å². The highest BCUT2D eigenvalue weighted by molar-refractivity contribution is 5.99. The van der Waals surface area contributed by atoms with Crippen molar-refractivity contribution in [3.8, 4) is 0 Å². The van der Waals surface area contributed by atoms with Gasteiger partial charge in [0.25, 0.3) is 0 Å². The highest BCUT2D eigenvalue weighted by Gasteiger charge is 2.16. The van der Waals surface area contributed by atoms with Crippen LogP contribution in [-0.4, -0.2) is 45.6 Å². The zero-order chi connectivity index (χ0) is 22.7. The number of nitrogens with one attached hydrogen (secondary N) is 1. The van der Waals surface area contributed by atoms with Crippen LogP contribution in [0.5, 0.6) is 0 Å². The number of rotatable bonds is 4. The molecule has 0 bridgehead atoms. The van der Waals surface area contributed by atoms with Crippen LogP contribution >= 0.6 is 0 Å². The molecule has 178 valence electrons. The molecule has 4 N–H and O–H groups in total. The Morgan fingerprint density at radius 1 is 0.839 bits per heavy atom. The number of allylic oxidation sites excluding steroid dienone is 2. The van der Waals surface area contributed by atoms with Crippen LogP contribution in [-0.2, 0) is 9.59 Å². The number of aliphatic hydroxyl groups excluding tert-OH is 1. The van der Waals surface area contributed by atoms with Gasteiger partial charge in [-0.3, -0.25) is 4.79 Å². The van der Waals surface area contributed by atoms with Crippen molar-refractivity contribution in [1.82, 2.24) is 5.43 Å². The molecule has 1 heterocycles. The minimum Gasteiger partial charge on any atom is -0.481 e. The summed E-state index contributed by atoms with van der Waals surface area (Å²) in [4.78, 5) is 19.4. The number of hydrazone groups is 1. The lowest BCUT2D eigenvalue weighted by atomic mass is 9.97. The van der Waals surface area contributed by atoms with E-state index < -0.39 is 24.5 Å². The van der Waals surface area contributed by atoms with Gasteiger partial charge in [-0.05, 0) is 50.5 Å². The molecule has 1 aliphatic carbocycles. The van der Waals surface area contributed by atoms with Crippen LogP contribution in [0.2, 0.25) is 0 Å². The zero-order valence-corrected chi connectivity index (χ0v) is 19.0. The number of hydrogen-bond acceptors (Lipinski definition) is 5. The van der Waals surface area contributed by atoms with Crippen LogP contribution in [0.3, 0.4) is 0 Å². The molecule has 0 saturated carbocycles. The van der Waals surface area contributed by atoms with E-state index in [0.29, 0.717) is 0 Å². The van der Waals surface area contributed by atoms with Crippen molar-refractivity contribution in [2.24, 2.45) is 5.10 Å². The molecule has 0 fully saturated rings. The van der Waals surface area contributed by atoms with Crippen LogP contribution in [0, 0.1) is 0 Å². The van der Waals surface area contributed by atoms with Gasteiger partial charge in [-0.2, -0.15) is 5.10 Å². The van der Waals surface area contributed by atoms with Gasteiger partial charge in [-0.15, -0.1) is 0 Å². The third-order valence-corrected chi connectivity index (χ3v) is 5.73. The summed E-state index contributed by atoms with van der Waals surface area (Å²) in [5.74, 6) is -2.85. The smallest absolute Gasteiger partial charge is 0.333 e. The van der Waals surface area contributed by atoms with Crippen LogP contribution in [0.4, 0.5) is 0 Å². The predicted octanol–water partition coefficient (Wildman–Crippen LogP) is 5.03. The largest absolute Gasteiger partial charge is 0.481 e. The van der Waals surface area contributed by atoms with Gasteiger partial charge in [0.1, 0.15) is 0 Å². The normalized spacial score (nSPS) is 20.7. The number of nitrogens with zero attached hydrogens (tertiary/aromatic N) is 1.